The molecule has 2 aliphatic rings. The second-order valence-electron chi connectivity index (χ2n) is 5.94. The molecule has 2 amide bonds. The predicted octanol–water partition coefficient (Wildman–Crippen LogP) is 2.45. The lowest BCUT2D eigenvalue weighted by Gasteiger charge is -2.41. The molecular formula is C16H20Cl3N3O2. The number of benzene rings is 1. The summed E-state index contributed by atoms with van der Waals surface area (Å²) in [6, 6.07) is 5.00. The van der Waals surface area contributed by atoms with Crippen LogP contribution in [0.5, 0.6) is 0 Å². The Hall–Kier alpha value is -1.01. The van der Waals surface area contributed by atoms with Crippen molar-refractivity contribution in [2.24, 2.45) is 0 Å². The van der Waals surface area contributed by atoms with Gasteiger partial charge in [0.1, 0.15) is 0 Å². The molecule has 0 saturated carbocycles. The van der Waals surface area contributed by atoms with Gasteiger partial charge < -0.3 is 15.1 Å². The highest BCUT2D eigenvalue weighted by atomic mass is 35.5. The van der Waals surface area contributed by atoms with Gasteiger partial charge in [0.15, 0.2) is 0 Å². The SMILES string of the molecule is Cl.O=C(c1ccc(Cl)cc1Cl)N1CCCC(N2CCNCC2=O)C1. The van der Waals surface area contributed by atoms with Crippen LogP contribution in [0, 0.1) is 0 Å². The van der Waals surface area contributed by atoms with Crippen LogP contribution in [0.2, 0.25) is 10.0 Å². The Labute approximate surface area is 157 Å². The number of amides is 2. The number of hydrogen-bond acceptors (Lipinski definition) is 3. The minimum atomic E-state index is -0.0982. The number of likely N-dealkylation sites (tertiary alicyclic amines) is 1. The van der Waals surface area contributed by atoms with E-state index in [9.17, 15) is 9.59 Å². The zero-order chi connectivity index (χ0) is 16.4. The molecular weight excluding hydrogens is 373 g/mol. The van der Waals surface area contributed by atoms with Gasteiger partial charge >= 0.3 is 0 Å². The molecule has 3 rings (SSSR count). The third-order valence-corrected chi connectivity index (χ3v) is 4.96. The fraction of sp³-hybridized carbons (Fsp3) is 0.500. The first kappa shape index (κ1) is 19.3. The van der Waals surface area contributed by atoms with Crippen LogP contribution in [0.4, 0.5) is 0 Å². The van der Waals surface area contributed by atoms with Gasteiger partial charge in [0.05, 0.1) is 17.1 Å². The first-order valence-electron chi connectivity index (χ1n) is 7.81. The van der Waals surface area contributed by atoms with E-state index in [1.165, 1.54) is 0 Å². The van der Waals surface area contributed by atoms with Crippen molar-refractivity contribution in [3.05, 3.63) is 33.8 Å². The van der Waals surface area contributed by atoms with Crippen molar-refractivity contribution in [1.82, 2.24) is 15.1 Å². The van der Waals surface area contributed by atoms with Gasteiger partial charge in [-0.1, -0.05) is 23.2 Å². The number of nitrogens with one attached hydrogen (secondary N) is 1. The van der Waals surface area contributed by atoms with Gasteiger partial charge in [0, 0.05) is 37.2 Å². The molecule has 5 nitrogen and oxygen atoms in total. The van der Waals surface area contributed by atoms with Crippen LogP contribution in [0.25, 0.3) is 0 Å². The van der Waals surface area contributed by atoms with Crippen molar-refractivity contribution in [3.8, 4) is 0 Å². The number of halogens is 3. The van der Waals surface area contributed by atoms with Crippen LogP contribution in [0.3, 0.4) is 0 Å². The minimum absolute atomic E-state index is 0. The van der Waals surface area contributed by atoms with Crippen molar-refractivity contribution in [2.45, 2.75) is 18.9 Å². The molecule has 1 aromatic carbocycles. The van der Waals surface area contributed by atoms with E-state index >= 15 is 0 Å². The maximum Gasteiger partial charge on any atom is 0.255 e. The number of piperazine rings is 1. The van der Waals surface area contributed by atoms with E-state index in [4.69, 9.17) is 23.2 Å². The maximum absolute atomic E-state index is 12.7. The van der Waals surface area contributed by atoms with Crippen LogP contribution >= 0.6 is 35.6 Å². The predicted molar refractivity (Wildman–Crippen MR) is 97.2 cm³/mol. The number of hydrogen-bond donors (Lipinski definition) is 1. The molecule has 2 aliphatic heterocycles. The molecule has 0 radical (unpaired) electrons. The van der Waals surface area contributed by atoms with Gasteiger partial charge in [-0.2, -0.15) is 0 Å². The molecule has 1 atom stereocenters. The smallest absolute Gasteiger partial charge is 0.255 e. The Bertz CT molecular complexity index is 627. The van der Waals surface area contributed by atoms with E-state index in [1.54, 1.807) is 23.1 Å². The van der Waals surface area contributed by atoms with Gasteiger partial charge in [-0.3, -0.25) is 9.59 Å². The summed E-state index contributed by atoms with van der Waals surface area (Å²) in [5.74, 6) is 0.0130. The third kappa shape index (κ3) is 4.14. The molecule has 0 aliphatic carbocycles. The van der Waals surface area contributed by atoms with Gasteiger partial charge in [-0.25, -0.2) is 0 Å². The van der Waals surface area contributed by atoms with Crippen molar-refractivity contribution >= 4 is 47.4 Å². The number of carbonyl (C=O) groups is 2. The van der Waals surface area contributed by atoms with Crippen molar-refractivity contribution in [3.63, 3.8) is 0 Å². The first-order valence-corrected chi connectivity index (χ1v) is 8.56. The number of rotatable bonds is 2. The molecule has 1 N–H and O–H groups in total. The van der Waals surface area contributed by atoms with Crippen LogP contribution in [0.1, 0.15) is 23.2 Å². The highest BCUT2D eigenvalue weighted by molar-refractivity contribution is 6.36. The Morgan fingerprint density at radius 1 is 1.25 bits per heavy atom. The molecule has 1 unspecified atom stereocenters. The standard InChI is InChI=1S/C16H19Cl2N3O2.ClH/c17-11-3-4-13(14(18)8-11)16(23)20-6-1-2-12(10-20)21-7-5-19-9-15(21)22;/h3-4,8,12,19H,1-2,5-7,9-10H2;1H. The third-order valence-electron chi connectivity index (χ3n) is 4.41. The number of nitrogens with zero attached hydrogens (tertiary/aromatic N) is 2. The summed E-state index contributed by atoms with van der Waals surface area (Å²) in [6.45, 7) is 3.14. The molecule has 0 aromatic heterocycles. The normalized spacial score (nSPS) is 21.4. The zero-order valence-electron chi connectivity index (χ0n) is 13.1. The van der Waals surface area contributed by atoms with Crippen molar-refractivity contribution < 1.29 is 9.59 Å². The maximum atomic E-state index is 12.7. The highest BCUT2D eigenvalue weighted by Crippen LogP contribution is 2.25. The molecule has 8 heteroatoms. The van der Waals surface area contributed by atoms with Gasteiger partial charge in [0.25, 0.3) is 5.91 Å². The fourth-order valence-corrected chi connectivity index (χ4v) is 3.72. The van der Waals surface area contributed by atoms with E-state index in [0.717, 1.165) is 19.4 Å². The largest absolute Gasteiger partial charge is 0.337 e. The molecule has 1 aromatic rings. The molecule has 2 fully saturated rings. The lowest BCUT2D eigenvalue weighted by molar-refractivity contribution is -0.135. The summed E-state index contributed by atoms with van der Waals surface area (Å²) in [5, 5.41) is 3.95. The molecule has 0 bridgehead atoms. The topological polar surface area (TPSA) is 52.7 Å². The highest BCUT2D eigenvalue weighted by Gasteiger charge is 2.32. The minimum Gasteiger partial charge on any atom is -0.337 e. The van der Waals surface area contributed by atoms with E-state index in [2.05, 4.69) is 5.32 Å². The zero-order valence-corrected chi connectivity index (χ0v) is 15.5. The van der Waals surface area contributed by atoms with E-state index in [-0.39, 0.29) is 30.3 Å². The average Bonchev–Trinajstić information content (AvgIpc) is 2.55. The molecule has 2 saturated heterocycles. The van der Waals surface area contributed by atoms with E-state index in [0.29, 0.717) is 41.8 Å². The van der Waals surface area contributed by atoms with Crippen LogP contribution in [-0.2, 0) is 4.79 Å². The van der Waals surface area contributed by atoms with Gasteiger partial charge in [0.2, 0.25) is 5.91 Å². The second-order valence-corrected chi connectivity index (χ2v) is 6.78. The Kier molecular flexibility index (Phi) is 6.75. The lowest BCUT2D eigenvalue weighted by Crippen LogP contribution is -2.57. The molecule has 132 valence electrons. The van der Waals surface area contributed by atoms with Crippen LogP contribution in [-0.4, -0.2) is 60.4 Å². The summed E-state index contributed by atoms with van der Waals surface area (Å²) >= 11 is 12.0. The monoisotopic (exact) mass is 391 g/mol. The fourth-order valence-electron chi connectivity index (χ4n) is 3.23. The Balaban J connectivity index is 0.00000208. The van der Waals surface area contributed by atoms with E-state index < -0.39 is 0 Å². The number of carbonyl (C=O) groups excluding carboxylic acids is 2. The summed E-state index contributed by atoms with van der Waals surface area (Å²) in [4.78, 5) is 28.5. The van der Waals surface area contributed by atoms with Gasteiger partial charge in [-0.15, -0.1) is 12.4 Å². The Morgan fingerprint density at radius 2 is 2.04 bits per heavy atom. The second kappa shape index (κ2) is 8.39. The van der Waals surface area contributed by atoms with Gasteiger partial charge in [-0.05, 0) is 31.0 Å². The summed E-state index contributed by atoms with van der Waals surface area (Å²) in [7, 11) is 0. The Morgan fingerprint density at radius 3 is 2.75 bits per heavy atom. The first-order chi connectivity index (χ1) is 11.1. The summed E-state index contributed by atoms with van der Waals surface area (Å²) in [6.07, 6.45) is 1.82. The average molecular weight is 393 g/mol. The van der Waals surface area contributed by atoms with Crippen LogP contribution < -0.4 is 5.32 Å². The number of piperidine rings is 1. The summed E-state index contributed by atoms with van der Waals surface area (Å²) in [5.41, 5.74) is 0.461. The summed E-state index contributed by atoms with van der Waals surface area (Å²) < 4.78 is 0. The molecule has 24 heavy (non-hydrogen) atoms. The van der Waals surface area contributed by atoms with E-state index in [1.807, 2.05) is 4.90 Å². The van der Waals surface area contributed by atoms with Crippen LogP contribution in [0.15, 0.2) is 18.2 Å². The van der Waals surface area contributed by atoms with Crippen molar-refractivity contribution in [1.29, 1.82) is 0 Å². The molecule has 2 heterocycles. The van der Waals surface area contributed by atoms with Crippen molar-refractivity contribution in [2.75, 3.05) is 32.7 Å². The lowest BCUT2D eigenvalue weighted by atomic mass is 10.0. The quantitative estimate of drug-likeness (QED) is 0.841. The molecule has 0 spiro atoms.